The van der Waals surface area contributed by atoms with Crippen LogP contribution in [-0.2, 0) is 6.54 Å². The Balaban J connectivity index is 2.35. The van der Waals surface area contributed by atoms with E-state index in [-0.39, 0.29) is 0 Å². The van der Waals surface area contributed by atoms with E-state index in [0.29, 0.717) is 12.5 Å². The van der Waals surface area contributed by atoms with E-state index in [4.69, 9.17) is 5.73 Å². The molecule has 0 aliphatic carbocycles. The summed E-state index contributed by atoms with van der Waals surface area (Å²) >= 11 is 0. The molecule has 1 aromatic carbocycles. The molecule has 0 radical (unpaired) electrons. The second-order valence-electron chi connectivity index (χ2n) is 4.96. The molecule has 1 aromatic heterocycles. The molecule has 18 heavy (non-hydrogen) atoms. The second kappa shape index (κ2) is 5.36. The van der Waals surface area contributed by atoms with Crippen LogP contribution in [0.3, 0.4) is 0 Å². The van der Waals surface area contributed by atoms with Gasteiger partial charge in [-0.1, -0.05) is 38.1 Å². The number of nitrogens with zero attached hydrogens (tertiary/aromatic N) is 2. The normalized spacial score (nSPS) is 11.2. The van der Waals surface area contributed by atoms with Gasteiger partial charge < -0.3 is 5.73 Å². The van der Waals surface area contributed by atoms with Gasteiger partial charge in [0.25, 0.3) is 0 Å². The molecule has 0 saturated carbocycles. The van der Waals surface area contributed by atoms with Crippen LogP contribution in [0.1, 0.15) is 31.0 Å². The number of hydrogen-bond donors (Lipinski definition) is 1. The van der Waals surface area contributed by atoms with Gasteiger partial charge in [0, 0.05) is 6.54 Å². The van der Waals surface area contributed by atoms with Gasteiger partial charge in [0.05, 0.1) is 17.9 Å². The maximum absolute atomic E-state index is 5.62. The van der Waals surface area contributed by atoms with Crippen LogP contribution >= 0.6 is 0 Å². The Labute approximate surface area is 109 Å². The Morgan fingerprint density at radius 2 is 1.89 bits per heavy atom. The van der Waals surface area contributed by atoms with Crippen molar-refractivity contribution in [3.63, 3.8) is 0 Å². The Kier molecular flexibility index (Phi) is 3.82. The summed E-state index contributed by atoms with van der Waals surface area (Å²) in [7, 11) is 0. The third-order valence-electron chi connectivity index (χ3n) is 3.12. The minimum absolute atomic E-state index is 0.565. The van der Waals surface area contributed by atoms with E-state index in [1.54, 1.807) is 0 Å². The molecule has 0 atom stereocenters. The molecule has 0 unspecified atom stereocenters. The zero-order valence-electron chi connectivity index (χ0n) is 11.4. The van der Waals surface area contributed by atoms with E-state index >= 15 is 0 Å². The van der Waals surface area contributed by atoms with Gasteiger partial charge in [-0.25, -0.2) is 0 Å². The van der Waals surface area contributed by atoms with Gasteiger partial charge in [0.1, 0.15) is 0 Å². The summed E-state index contributed by atoms with van der Waals surface area (Å²) in [6.07, 6.45) is 0. The van der Waals surface area contributed by atoms with Crippen LogP contribution in [0.15, 0.2) is 30.3 Å². The lowest BCUT2D eigenvalue weighted by atomic mass is 10.0. The maximum Gasteiger partial charge on any atom is 0.0685 e. The van der Waals surface area contributed by atoms with Crippen LogP contribution in [0, 0.1) is 6.92 Å². The van der Waals surface area contributed by atoms with Crippen LogP contribution in [0.2, 0.25) is 0 Å². The van der Waals surface area contributed by atoms with E-state index in [9.17, 15) is 0 Å². The fraction of sp³-hybridized carbons (Fsp3) is 0.400. The summed E-state index contributed by atoms with van der Waals surface area (Å²) in [6.45, 7) is 7.79. The van der Waals surface area contributed by atoms with Gasteiger partial charge in [0.2, 0.25) is 0 Å². The quantitative estimate of drug-likeness (QED) is 0.897. The molecule has 2 aromatic rings. The second-order valence-corrected chi connectivity index (χ2v) is 4.96. The average molecular weight is 243 g/mol. The first-order valence-electron chi connectivity index (χ1n) is 6.46. The molecule has 0 spiro atoms. The number of aromatic nitrogens is 2. The van der Waals surface area contributed by atoms with Gasteiger partial charge in [0.15, 0.2) is 0 Å². The maximum atomic E-state index is 5.62. The number of hydrogen-bond acceptors (Lipinski definition) is 2. The van der Waals surface area contributed by atoms with Crippen LogP contribution < -0.4 is 5.73 Å². The van der Waals surface area contributed by atoms with E-state index in [0.717, 1.165) is 17.9 Å². The molecule has 0 bridgehead atoms. The fourth-order valence-corrected chi connectivity index (χ4v) is 2.11. The van der Waals surface area contributed by atoms with Gasteiger partial charge in [-0.15, -0.1) is 0 Å². The van der Waals surface area contributed by atoms with Crippen molar-refractivity contribution in [1.82, 2.24) is 9.78 Å². The molecule has 0 aliphatic heterocycles. The highest BCUT2D eigenvalue weighted by Gasteiger charge is 2.08. The molecular weight excluding hydrogens is 222 g/mol. The molecule has 3 nitrogen and oxygen atoms in total. The average Bonchev–Trinajstić information content (AvgIpc) is 2.71. The lowest BCUT2D eigenvalue weighted by Gasteiger charge is -2.08. The highest BCUT2D eigenvalue weighted by molar-refractivity contribution is 5.60. The summed E-state index contributed by atoms with van der Waals surface area (Å²) in [5.74, 6) is 0.565. The molecule has 0 amide bonds. The zero-order chi connectivity index (χ0) is 13.1. The van der Waals surface area contributed by atoms with Crippen LogP contribution in [-0.4, -0.2) is 16.3 Å². The van der Waals surface area contributed by atoms with Crippen LogP contribution in [0.4, 0.5) is 0 Å². The molecule has 1 heterocycles. The SMILES string of the molecule is Cc1cc(-c2ccc(C(C)C)cc2)n(CCN)n1. The molecule has 0 aliphatic rings. The number of rotatable bonds is 4. The summed E-state index contributed by atoms with van der Waals surface area (Å²) in [4.78, 5) is 0. The topological polar surface area (TPSA) is 43.8 Å². The third-order valence-corrected chi connectivity index (χ3v) is 3.12. The van der Waals surface area contributed by atoms with Crippen molar-refractivity contribution in [2.75, 3.05) is 6.54 Å². The summed E-state index contributed by atoms with van der Waals surface area (Å²) in [6, 6.07) is 10.8. The van der Waals surface area contributed by atoms with Crippen molar-refractivity contribution in [2.24, 2.45) is 5.73 Å². The zero-order valence-corrected chi connectivity index (χ0v) is 11.4. The van der Waals surface area contributed by atoms with Crippen molar-refractivity contribution in [1.29, 1.82) is 0 Å². The van der Waals surface area contributed by atoms with Crippen molar-refractivity contribution in [3.05, 3.63) is 41.6 Å². The van der Waals surface area contributed by atoms with Gasteiger partial charge in [-0.05, 0) is 30.0 Å². The smallest absolute Gasteiger partial charge is 0.0685 e. The first-order valence-corrected chi connectivity index (χ1v) is 6.46. The monoisotopic (exact) mass is 243 g/mol. The minimum atomic E-state index is 0.565. The summed E-state index contributed by atoms with van der Waals surface area (Å²) in [5, 5.41) is 4.47. The fourth-order valence-electron chi connectivity index (χ4n) is 2.11. The third kappa shape index (κ3) is 2.62. The standard InChI is InChI=1S/C15H21N3/c1-11(2)13-4-6-14(7-5-13)15-10-12(3)17-18(15)9-8-16/h4-7,10-11H,8-9,16H2,1-3H3. The molecular formula is C15H21N3. The van der Waals surface area contributed by atoms with Crippen LogP contribution in [0.25, 0.3) is 11.3 Å². The first-order chi connectivity index (χ1) is 8.61. The Bertz CT molecular complexity index is 509. The van der Waals surface area contributed by atoms with Gasteiger partial charge >= 0.3 is 0 Å². The van der Waals surface area contributed by atoms with E-state index < -0.39 is 0 Å². The van der Waals surface area contributed by atoms with Crippen molar-refractivity contribution in [2.45, 2.75) is 33.2 Å². The van der Waals surface area contributed by atoms with E-state index in [1.165, 1.54) is 11.1 Å². The molecule has 96 valence electrons. The van der Waals surface area contributed by atoms with E-state index in [1.807, 2.05) is 11.6 Å². The highest BCUT2D eigenvalue weighted by Crippen LogP contribution is 2.23. The lowest BCUT2D eigenvalue weighted by Crippen LogP contribution is -2.12. The number of aryl methyl sites for hydroxylation is 1. The van der Waals surface area contributed by atoms with Crippen molar-refractivity contribution >= 4 is 0 Å². The molecule has 0 saturated heterocycles. The Morgan fingerprint density at radius 3 is 2.44 bits per heavy atom. The Hall–Kier alpha value is -1.61. The Morgan fingerprint density at radius 1 is 1.22 bits per heavy atom. The first kappa shape index (κ1) is 12.8. The van der Waals surface area contributed by atoms with Gasteiger partial charge in [-0.3, -0.25) is 4.68 Å². The molecule has 3 heteroatoms. The lowest BCUT2D eigenvalue weighted by molar-refractivity contribution is 0.626. The largest absolute Gasteiger partial charge is 0.329 e. The van der Waals surface area contributed by atoms with Crippen molar-refractivity contribution < 1.29 is 0 Å². The number of nitrogens with two attached hydrogens (primary N) is 1. The highest BCUT2D eigenvalue weighted by atomic mass is 15.3. The predicted octanol–water partition coefficient (Wildman–Crippen LogP) is 2.94. The van der Waals surface area contributed by atoms with E-state index in [2.05, 4.69) is 49.3 Å². The summed E-state index contributed by atoms with van der Waals surface area (Å²) < 4.78 is 1.99. The van der Waals surface area contributed by atoms with Gasteiger partial charge in [-0.2, -0.15) is 5.10 Å². The number of benzene rings is 1. The molecule has 2 rings (SSSR count). The predicted molar refractivity (Wildman–Crippen MR) is 75.5 cm³/mol. The van der Waals surface area contributed by atoms with Crippen LogP contribution in [0.5, 0.6) is 0 Å². The minimum Gasteiger partial charge on any atom is -0.329 e. The summed E-state index contributed by atoms with van der Waals surface area (Å²) in [5.41, 5.74) is 10.4. The molecule has 2 N–H and O–H groups in total. The van der Waals surface area contributed by atoms with Crippen molar-refractivity contribution in [3.8, 4) is 11.3 Å². The molecule has 0 fully saturated rings.